The molecule has 0 saturated heterocycles. The Morgan fingerprint density at radius 2 is 1.57 bits per heavy atom. The predicted molar refractivity (Wildman–Crippen MR) is 183 cm³/mol. The number of imidazole rings is 1. The Labute approximate surface area is 271 Å². The molecule has 0 atom stereocenters. The van der Waals surface area contributed by atoms with Crippen LogP contribution in [0.1, 0.15) is 63.8 Å². The van der Waals surface area contributed by atoms with Crippen molar-refractivity contribution in [2.24, 2.45) is 5.92 Å². The van der Waals surface area contributed by atoms with Gasteiger partial charge in [0.1, 0.15) is 5.82 Å². The van der Waals surface area contributed by atoms with Crippen molar-refractivity contribution in [1.82, 2.24) is 18.7 Å². The number of hydrogen-bond acceptors (Lipinski definition) is 6. The second-order valence-electron chi connectivity index (χ2n) is 11.9. The first-order valence-corrected chi connectivity index (χ1v) is 18.3. The molecule has 1 aliphatic carbocycles. The second-order valence-corrected chi connectivity index (χ2v) is 14.1. The lowest BCUT2D eigenvalue weighted by Gasteiger charge is -2.17. The lowest BCUT2D eigenvalue weighted by atomic mass is 10.0. The molecular weight excluding hydrogens is 599 g/mol. The summed E-state index contributed by atoms with van der Waals surface area (Å²) in [6.07, 6.45) is 12.9. The maximum atomic E-state index is 13.9. The first-order valence-electron chi connectivity index (χ1n) is 16.6. The molecule has 0 unspecified atom stereocenters. The maximum Gasteiger partial charge on any atom is 0.333 e. The number of rotatable bonds is 16. The summed E-state index contributed by atoms with van der Waals surface area (Å²) >= 11 is 0. The van der Waals surface area contributed by atoms with Gasteiger partial charge in [-0.3, -0.25) is 13.9 Å². The van der Waals surface area contributed by atoms with E-state index in [9.17, 15) is 14.2 Å². The molecule has 0 spiro atoms. The molecule has 1 aliphatic rings. The third kappa shape index (κ3) is 7.81. The molecule has 46 heavy (non-hydrogen) atoms. The Balaban J connectivity index is 1.47. The van der Waals surface area contributed by atoms with Crippen LogP contribution in [0.4, 0.5) is 0 Å². The van der Waals surface area contributed by atoms with Gasteiger partial charge >= 0.3 is 13.3 Å². The van der Waals surface area contributed by atoms with E-state index in [-0.39, 0.29) is 12.7 Å². The van der Waals surface area contributed by atoms with Crippen LogP contribution in [0.2, 0.25) is 0 Å². The minimum atomic E-state index is -3.20. The fourth-order valence-electron chi connectivity index (χ4n) is 6.49. The molecule has 2 aromatic heterocycles. The monoisotopic (exact) mass is 644 g/mol. The Hall–Kier alpha value is -3.70. The van der Waals surface area contributed by atoms with Crippen LogP contribution in [-0.4, -0.2) is 38.1 Å². The number of fused-ring (bicyclic) bond motifs is 1. The zero-order valence-electron chi connectivity index (χ0n) is 27.0. The fourth-order valence-corrected chi connectivity index (χ4v) is 8.22. The van der Waals surface area contributed by atoms with Crippen molar-refractivity contribution in [3.05, 3.63) is 86.8 Å². The van der Waals surface area contributed by atoms with Gasteiger partial charge in [0.25, 0.3) is 5.56 Å². The van der Waals surface area contributed by atoms with Crippen molar-refractivity contribution < 1.29 is 13.6 Å². The normalized spacial score (nSPS) is 13.8. The van der Waals surface area contributed by atoms with Gasteiger partial charge in [-0.15, -0.1) is 6.42 Å². The second kappa shape index (κ2) is 15.7. The van der Waals surface area contributed by atoms with Crippen LogP contribution in [0.5, 0.6) is 0 Å². The number of hydrogen-bond donors (Lipinski definition) is 0. The number of benzene rings is 2. The summed E-state index contributed by atoms with van der Waals surface area (Å²) in [5.74, 6) is 3.74. The van der Waals surface area contributed by atoms with E-state index in [0.29, 0.717) is 62.6 Å². The van der Waals surface area contributed by atoms with Gasteiger partial charge < -0.3 is 13.6 Å². The highest BCUT2D eigenvalue weighted by molar-refractivity contribution is 7.53. The van der Waals surface area contributed by atoms with Crippen LogP contribution in [0.15, 0.2) is 64.2 Å². The molecule has 0 bridgehead atoms. The van der Waals surface area contributed by atoms with Crippen LogP contribution in [0.25, 0.3) is 22.3 Å². The summed E-state index contributed by atoms with van der Waals surface area (Å²) in [7, 11) is -3.20. The Bertz CT molecular complexity index is 1800. The Kier molecular flexibility index (Phi) is 11.5. The summed E-state index contributed by atoms with van der Waals surface area (Å²) in [5.41, 5.74) is 3.48. The average Bonchev–Trinajstić information content (AvgIpc) is 3.71. The molecule has 2 aromatic carbocycles. The molecule has 10 heteroatoms. The van der Waals surface area contributed by atoms with Gasteiger partial charge in [0, 0.05) is 19.5 Å². The predicted octanol–water partition coefficient (Wildman–Crippen LogP) is 6.68. The van der Waals surface area contributed by atoms with Crippen molar-refractivity contribution in [2.45, 2.75) is 84.8 Å². The number of unbranched alkanes of at least 4 members (excludes halogenated alkanes) is 1. The van der Waals surface area contributed by atoms with Crippen molar-refractivity contribution in [2.75, 3.05) is 19.4 Å². The van der Waals surface area contributed by atoms with Gasteiger partial charge in [-0.05, 0) is 68.6 Å². The fraction of sp³-hybridized carbons (Fsp3) is 0.472. The summed E-state index contributed by atoms with van der Waals surface area (Å²) in [4.78, 5) is 32.5. The van der Waals surface area contributed by atoms with Crippen molar-refractivity contribution >= 4 is 18.8 Å². The van der Waals surface area contributed by atoms with E-state index in [2.05, 4.69) is 46.9 Å². The van der Waals surface area contributed by atoms with Gasteiger partial charge in [0.15, 0.2) is 11.2 Å². The summed E-state index contributed by atoms with van der Waals surface area (Å²) < 4.78 is 28.6. The number of terminal acetylenes is 1. The van der Waals surface area contributed by atoms with Gasteiger partial charge in [-0.1, -0.05) is 73.4 Å². The largest absolute Gasteiger partial charge is 0.333 e. The van der Waals surface area contributed by atoms with E-state index in [1.54, 1.807) is 18.4 Å². The molecule has 244 valence electrons. The van der Waals surface area contributed by atoms with Crippen molar-refractivity contribution in [3.8, 4) is 23.5 Å². The first-order chi connectivity index (χ1) is 22.4. The highest BCUT2D eigenvalue weighted by atomic mass is 31.2. The van der Waals surface area contributed by atoms with Gasteiger partial charge in [-0.25, -0.2) is 14.3 Å². The number of aromatic nitrogens is 4. The lowest BCUT2D eigenvalue weighted by Crippen LogP contribution is -2.40. The van der Waals surface area contributed by atoms with Gasteiger partial charge in [0.2, 0.25) is 0 Å². The third-order valence-electron chi connectivity index (χ3n) is 8.77. The number of aryl methyl sites for hydroxylation is 3. The van der Waals surface area contributed by atoms with Crippen molar-refractivity contribution in [1.29, 1.82) is 0 Å². The summed E-state index contributed by atoms with van der Waals surface area (Å²) in [6.45, 7) is 5.05. The average molecular weight is 645 g/mol. The smallest absolute Gasteiger partial charge is 0.322 e. The van der Waals surface area contributed by atoms with E-state index in [4.69, 9.17) is 20.5 Å². The molecule has 0 aliphatic heterocycles. The molecule has 2 heterocycles. The third-order valence-corrected chi connectivity index (χ3v) is 10.9. The minimum absolute atomic E-state index is 0.116. The zero-order valence-corrected chi connectivity index (χ0v) is 27.9. The molecule has 0 N–H and O–H groups in total. The maximum absolute atomic E-state index is 13.9. The lowest BCUT2D eigenvalue weighted by molar-refractivity contribution is 0.219. The van der Waals surface area contributed by atoms with Gasteiger partial charge in [-0.2, -0.15) is 0 Å². The van der Waals surface area contributed by atoms with E-state index >= 15 is 0 Å². The van der Waals surface area contributed by atoms with Gasteiger partial charge in [0.05, 0.1) is 25.9 Å². The first kappa shape index (κ1) is 33.7. The topological polar surface area (TPSA) is 97.3 Å². The zero-order chi connectivity index (χ0) is 32.5. The van der Waals surface area contributed by atoms with Crippen molar-refractivity contribution in [3.63, 3.8) is 0 Å². The summed E-state index contributed by atoms with van der Waals surface area (Å²) in [6, 6.07) is 18.9. The standard InChI is InChI=1S/C36H45N4O5P/c1-4-24-39-35(41)33-34(38(36(39)42)25-12-13-26-46(43,44-5-2)45-6-3)37-32(40(33)27-29-14-10-11-15-29)23-20-28-18-21-31(22-19-28)30-16-8-7-9-17-30/h1,7-9,16-19,21-22,29H,5-6,10-15,20,23-27H2,2-3H3. The van der Waals surface area contributed by atoms with E-state index in [1.165, 1.54) is 24.0 Å². The minimum Gasteiger partial charge on any atom is -0.322 e. The highest BCUT2D eigenvalue weighted by Gasteiger charge is 2.26. The molecule has 0 amide bonds. The molecule has 5 rings (SSSR count). The van der Waals surface area contributed by atoms with Crippen LogP contribution in [-0.2, 0) is 46.1 Å². The Morgan fingerprint density at radius 3 is 2.22 bits per heavy atom. The Morgan fingerprint density at radius 1 is 0.891 bits per heavy atom. The quantitative estimate of drug-likeness (QED) is 0.0767. The van der Waals surface area contributed by atoms with E-state index in [1.807, 2.05) is 18.2 Å². The van der Waals surface area contributed by atoms with Crippen LogP contribution >= 0.6 is 7.60 Å². The molecule has 1 fully saturated rings. The molecule has 0 radical (unpaired) electrons. The van der Waals surface area contributed by atoms with Crippen LogP contribution < -0.4 is 11.2 Å². The van der Waals surface area contributed by atoms with Crippen LogP contribution in [0.3, 0.4) is 0 Å². The summed E-state index contributed by atoms with van der Waals surface area (Å²) in [5, 5.41) is 0. The molecule has 1 saturated carbocycles. The van der Waals surface area contributed by atoms with E-state index < -0.39 is 18.8 Å². The highest BCUT2D eigenvalue weighted by Crippen LogP contribution is 2.48. The van der Waals surface area contributed by atoms with Crippen LogP contribution in [0, 0.1) is 18.3 Å². The molecule has 9 nitrogen and oxygen atoms in total. The molecular formula is C36H45N4O5P. The molecule has 4 aromatic rings. The number of nitrogens with zero attached hydrogens (tertiary/aromatic N) is 4. The SMILES string of the molecule is C#CCn1c(=O)c2c(nc(CCc3ccc(-c4ccccc4)cc3)n2CC2CCCC2)n(CCCCP(=O)(OCC)OCC)c1=O. The van der Waals surface area contributed by atoms with E-state index in [0.717, 1.165) is 35.2 Å².